The van der Waals surface area contributed by atoms with Gasteiger partial charge in [0.05, 0.1) is 0 Å². The van der Waals surface area contributed by atoms with Crippen LogP contribution in [0.25, 0.3) is 0 Å². The Labute approximate surface area is 208 Å². The molecule has 4 aliphatic carbocycles. The van der Waals surface area contributed by atoms with Crippen molar-refractivity contribution >= 4 is 11.8 Å². The van der Waals surface area contributed by atoms with Gasteiger partial charge in [-0.15, -0.1) is 0 Å². The van der Waals surface area contributed by atoms with E-state index in [0.29, 0.717) is 30.0 Å². The topological polar surface area (TPSA) is 43.4 Å². The fraction of sp³-hybridized carbons (Fsp3) is 0.806. The van der Waals surface area contributed by atoms with Gasteiger partial charge >= 0.3 is 5.97 Å². The maximum absolute atomic E-state index is 12.7. The summed E-state index contributed by atoms with van der Waals surface area (Å²) in [6.45, 7) is 8.85. The second kappa shape index (κ2) is 10.7. The number of carbonyl (C=O) groups excluding carboxylic acids is 2. The van der Waals surface area contributed by atoms with Crippen LogP contribution in [0.15, 0.2) is 23.3 Å². The molecule has 2 fully saturated rings. The van der Waals surface area contributed by atoms with Gasteiger partial charge in [-0.05, 0) is 62.4 Å². The van der Waals surface area contributed by atoms with Crippen molar-refractivity contribution in [3.63, 3.8) is 0 Å². The number of carbonyl (C=O) groups is 2. The van der Waals surface area contributed by atoms with Gasteiger partial charge in [-0.2, -0.15) is 0 Å². The highest BCUT2D eigenvalue weighted by Gasteiger charge is 2.54. The Kier molecular flexibility index (Phi) is 8.09. The van der Waals surface area contributed by atoms with Crippen LogP contribution in [0.1, 0.15) is 124 Å². The Morgan fingerprint density at radius 1 is 1.00 bits per heavy atom. The average Bonchev–Trinajstić information content (AvgIpc) is 3.12. The van der Waals surface area contributed by atoms with Crippen molar-refractivity contribution in [2.75, 3.05) is 0 Å². The summed E-state index contributed by atoms with van der Waals surface area (Å²) in [4.78, 5) is 25.2. The molecule has 0 aromatic heterocycles. The molecule has 190 valence electrons. The number of rotatable bonds is 10. The quantitative estimate of drug-likeness (QED) is 0.185. The Hall–Kier alpha value is -1.38. The van der Waals surface area contributed by atoms with Crippen molar-refractivity contribution in [2.24, 2.45) is 28.6 Å². The van der Waals surface area contributed by atoms with E-state index in [9.17, 15) is 9.59 Å². The number of esters is 1. The molecular formula is C31H48O3. The van der Waals surface area contributed by atoms with Crippen LogP contribution >= 0.6 is 0 Å². The van der Waals surface area contributed by atoms with E-state index in [1.54, 1.807) is 5.57 Å². The fourth-order valence-corrected chi connectivity index (χ4v) is 7.60. The van der Waals surface area contributed by atoms with Gasteiger partial charge in [0.25, 0.3) is 0 Å². The minimum atomic E-state index is -0.228. The smallest absolute Gasteiger partial charge is 0.306 e. The maximum Gasteiger partial charge on any atom is 0.306 e. The predicted octanol–water partition coefficient (Wildman–Crippen LogP) is 8.13. The molecule has 0 aliphatic heterocycles. The SMILES string of the molecule is CCCCCCCCCCC(=O)O[C@H]1CC=C2[C@@H]3CCC4=CC(=O)C(C)(C)C[C@@H]4[C@H]3CC[C@@]21C. The van der Waals surface area contributed by atoms with Gasteiger partial charge < -0.3 is 4.74 Å². The predicted molar refractivity (Wildman–Crippen MR) is 138 cm³/mol. The summed E-state index contributed by atoms with van der Waals surface area (Å²) in [5.74, 6) is 2.14. The van der Waals surface area contributed by atoms with Gasteiger partial charge in [0.2, 0.25) is 0 Å². The lowest BCUT2D eigenvalue weighted by Crippen LogP contribution is -2.47. The molecule has 0 aromatic carbocycles. The van der Waals surface area contributed by atoms with Gasteiger partial charge in [-0.1, -0.05) is 89.9 Å². The molecule has 4 rings (SSSR count). The average molecular weight is 469 g/mol. The van der Waals surface area contributed by atoms with Crippen LogP contribution in [0.5, 0.6) is 0 Å². The van der Waals surface area contributed by atoms with Crippen molar-refractivity contribution in [2.45, 2.75) is 130 Å². The molecular weight excluding hydrogens is 420 g/mol. The Bertz CT molecular complexity index is 819. The van der Waals surface area contributed by atoms with Gasteiger partial charge in [0.1, 0.15) is 6.10 Å². The summed E-state index contributed by atoms with van der Waals surface area (Å²) < 4.78 is 6.13. The van der Waals surface area contributed by atoms with Crippen LogP contribution in [0, 0.1) is 28.6 Å². The van der Waals surface area contributed by atoms with Crippen LogP contribution in [-0.2, 0) is 14.3 Å². The van der Waals surface area contributed by atoms with Crippen molar-refractivity contribution in [1.29, 1.82) is 0 Å². The molecule has 3 nitrogen and oxygen atoms in total. The number of ether oxygens (including phenoxy) is 1. The van der Waals surface area contributed by atoms with Crippen molar-refractivity contribution in [3.05, 3.63) is 23.3 Å². The number of hydrogen-bond acceptors (Lipinski definition) is 3. The molecule has 0 bridgehead atoms. The summed E-state index contributed by atoms with van der Waals surface area (Å²) in [6, 6.07) is 0. The molecule has 0 saturated heterocycles. The highest BCUT2D eigenvalue weighted by Crippen LogP contribution is 2.61. The van der Waals surface area contributed by atoms with E-state index in [1.165, 1.54) is 50.5 Å². The minimum absolute atomic E-state index is 0.00962. The number of unbranched alkanes of at least 4 members (excludes halogenated alkanes) is 7. The molecule has 3 heteroatoms. The third-order valence-electron chi connectivity index (χ3n) is 9.79. The number of fused-ring (bicyclic) bond motifs is 5. The summed E-state index contributed by atoms with van der Waals surface area (Å²) in [6.07, 6.45) is 21.4. The van der Waals surface area contributed by atoms with Crippen LogP contribution in [0.2, 0.25) is 0 Å². The van der Waals surface area contributed by atoms with E-state index < -0.39 is 0 Å². The molecule has 0 aromatic rings. The number of allylic oxidation sites excluding steroid dienone is 2. The van der Waals surface area contributed by atoms with E-state index in [1.807, 2.05) is 6.08 Å². The summed E-state index contributed by atoms with van der Waals surface area (Å²) >= 11 is 0. The second-order valence-electron chi connectivity index (χ2n) is 12.6. The first-order valence-corrected chi connectivity index (χ1v) is 14.4. The monoisotopic (exact) mass is 468 g/mol. The highest BCUT2D eigenvalue weighted by molar-refractivity contribution is 5.96. The van der Waals surface area contributed by atoms with Gasteiger partial charge in [0.15, 0.2) is 5.78 Å². The van der Waals surface area contributed by atoms with E-state index in [2.05, 4.69) is 33.8 Å². The second-order valence-corrected chi connectivity index (χ2v) is 12.6. The van der Waals surface area contributed by atoms with Crippen molar-refractivity contribution in [1.82, 2.24) is 0 Å². The molecule has 0 amide bonds. The third-order valence-corrected chi connectivity index (χ3v) is 9.79. The Morgan fingerprint density at radius 2 is 1.71 bits per heavy atom. The Morgan fingerprint density at radius 3 is 2.44 bits per heavy atom. The molecule has 5 atom stereocenters. The molecule has 0 N–H and O–H groups in total. The molecule has 2 saturated carbocycles. The molecule has 4 aliphatic rings. The summed E-state index contributed by atoms with van der Waals surface area (Å²) in [5, 5.41) is 0. The summed E-state index contributed by atoms with van der Waals surface area (Å²) in [7, 11) is 0. The molecule has 0 heterocycles. The van der Waals surface area contributed by atoms with E-state index in [0.717, 1.165) is 44.9 Å². The van der Waals surface area contributed by atoms with Crippen LogP contribution < -0.4 is 0 Å². The molecule has 0 radical (unpaired) electrons. The van der Waals surface area contributed by atoms with Crippen LogP contribution in [0.3, 0.4) is 0 Å². The maximum atomic E-state index is 12.7. The first-order valence-electron chi connectivity index (χ1n) is 14.4. The van der Waals surface area contributed by atoms with Crippen LogP contribution in [0.4, 0.5) is 0 Å². The number of ketones is 1. The zero-order chi connectivity index (χ0) is 24.3. The van der Waals surface area contributed by atoms with Gasteiger partial charge in [0, 0.05) is 23.7 Å². The normalized spacial score (nSPS) is 33.9. The number of hydrogen-bond donors (Lipinski definition) is 0. The lowest BCUT2D eigenvalue weighted by atomic mass is 9.52. The van der Waals surface area contributed by atoms with Gasteiger partial charge in [-0.25, -0.2) is 0 Å². The van der Waals surface area contributed by atoms with Crippen LogP contribution in [-0.4, -0.2) is 17.9 Å². The molecule has 0 unspecified atom stereocenters. The zero-order valence-corrected chi connectivity index (χ0v) is 22.3. The Balaban J connectivity index is 1.28. The summed E-state index contributed by atoms with van der Waals surface area (Å²) in [5.41, 5.74) is 2.77. The zero-order valence-electron chi connectivity index (χ0n) is 22.3. The molecule has 0 spiro atoms. The first kappa shape index (κ1) is 25.7. The van der Waals surface area contributed by atoms with Crippen molar-refractivity contribution < 1.29 is 14.3 Å². The van der Waals surface area contributed by atoms with E-state index in [-0.39, 0.29) is 22.9 Å². The largest absolute Gasteiger partial charge is 0.461 e. The van der Waals surface area contributed by atoms with E-state index in [4.69, 9.17) is 4.74 Å². The fourth-order valence-electron chi connectivity index (χ4n) is 7.60. The first-order chi connectivity index (χ1) is 16.3. The van der Waals surface area contributed by atoms with E-state index >= 15 is 0 Å². The lowest BCUT2D eigenvalue weighted by Gasteiger charge is -2.52. The van der Waals surface area contributed by atoms with Gasteiger partial charge in [-0.3, -0.25) is 9.59 Å². The molecule has 34 heavy (non-hydrogen) atoms. The minimum Gasteiger partial charge on any atom is -0.461 e. The van der Waals surface area contributed by atoms with Crippen molar-refractivity contribution in [3.8, 4) is 0 Å². The third kappa shape index (κ3) is 5.24. The highest BCUT2D eigenvalue weighted by atomic mass is 16.5. The lowest BCUT2D eigenvalue weighted by molar-refractivity contribution is -0.154. The standard InChI is InChI=1S/C31H48O3/c1-5-6-7-8-9-10-11-12-13-29(33)34-28-17-16-26-24-15-14-22-20-27(32)30(2,3)21-25(22)23(24)18-19-31(26,28)4/h16,20,23-25,28H,5-15,17-19,21H2,1-4H3/t23-,24+,25-,28-,31-/m0/s1.